The van der Waals surface area contributed by atoms with Crippen LogP contribution in [-0.4, -0.2) is 37.5 Å². The zero-order valence-electron chi connectivity index (χ0n) is 17.7. The number of allylic oxidation sites excluding steroid dienone is 3. The number of carbonyl (C=O) groups is 3. The third kappa shape index (κ3) is 6.31. The SMILES string of the molecule is CCOC(=O)CNC(=O)C1=C2C=COC=C2C(CCNC(=O)Cc2ccccc2)CC1. The van der Waals surface area contributed by atoms with Crippen LogP contribution in [0.2, 0.25) is 0 Å². The third-order valence-electron chi connectivity index (χ3n) is 5.32. The lowest BCUT2D eigenvalue weighted by Crippen LogP contribution is -2.34. The summed E-state index contributed by atoms with van der Waals surface area (Å²) in [7, 11) is 0. The van der Waals surface area contributed by atoms with Crippen molar-refractivity contribution in [2.24, 2.45) is 5.92 Å². The summed E-state index contributed by atoms with van der Waals surface area (Å²) in [5.41, 5.74) is 3.40. The molecule has 1 heterocycles. The molecule has 0 spiro atoms. The molecule has 1 aromatic carbocycles. The Hall–Kier alpha value is -3.35. The summed E-state index contributed by atoms with van der Waals surface area (Å²) in [4.78, 5) is 36.3. The number of ether oxygens (including phenoxy) is 2. The molecule has 1 aliphatic heterocycles. The molecule has 2 amide bonds. The molecule has 0 saturated heterocycles. The van der Waals surface area contributed by atoms with Crippen molar-refractivity contribution in [3.63, 3.8) is 0 Å². The first-order valence-electron chi connectivity index (χ1n) is 10.6. The van der Waals surface area contributed by atoms with Gasteiger partial charge < -0.3 is 20.1 Å². The molecule has 1 aliphatic carbocycles. The van der Waals surface area contributed by atoms with Gasteiger partial charge in [-0.3, -0.25) is 14.4 Å². The summed E-state index contributed by atoms with van der Waals surface area (Å²) in [5, 5.41) is 5.62. The molecule has 7 nitrogen and oxygen atoms in total. The number of carbonyl (C=O) groups excluding carboxylic acids is 3. The Kier molecular flexibility index (Phi) is 8.04. The lowest BCUT2D eigenvalue weighted by atomic mass is 9.77. The van der Waals surface area contributed by atoms with Gasteiger partial charge in [-0.2, -0.15) is 0 Å². The van der Waals surface area contributed by atoms with Gasteiger partial charge in [0.2, 0.25) is 11.8 Å². The molecule has 31 heavy (non-hydrogen) atoms. The molecule has 0 fully saturated rings. The largest absolute Gasteiger partial charge is 0.472 e. The van der Waals surface area contributed by atoms with Crippen LogP contribution < -0.4 is 10.6 Å². The molecule has 1 atom stereocenters. The fourth-order valence-corrected chi connectivity index (χ4v) is 3.82. The minimum Gasteiger partial charge on any atom is -0.472 e. The number of hydrogen-bond donors (Lipinski definition) is 2. The normalized spacial score (nSPS) is 17.2. The molecule has 1 aromatic rings. The summed E-state index contributed by atoms with van der Waals surface area (Å²) in [6, 6.07) is 9.63. The van der Waals surface area contributed by atoms with Crippen molar-refractivity contribution in [2.75, 3.05) is 19.7 Å². The Labute approximate surface area is 182 Å². The van der Waals surface area contributed by atoms with Crippen LogP contribution in [0.4, 0.5) is 0 Å². The smallest absolute Gasteiger partial charge is 0.325 e. The van der Waals surface area contributed by atoms with E-state index in [9.17, 15) is 14.4 Å². The second-order valence-electron chi connectivity index (χ2n) is 7.43. The van der Waals surface area contributed by atoms with Crippen molar-refractivity contribution in [1.29, 1.82) is 0 Å². The minimum atomic E-state index is -0.459. The first-order valence-corrected chi connectivity index (χ1v) is 10.6. The number of esters is 1. The summed E-state index contributed by atoms with van der Waals surface area (Å²) in [6.07, 6.45) is 7.47. The molecular weight excluding hydrogens is 396 g/mol. The van der Waals surface area contributed by atoms with Gasteiger partial charge >= 0.3 is 5.97 Å². The van der Waals surface area contributed by atoms with Crippen LogP contribution >= 0.6 is 0 Å². The summed E-state index contributed by atoms with van der Waals surface area (Å²) >= 11 is 0. The molecule has 0 radical (unpaired) electrons. The highest BCUT2D eigenvalue weighted by atomic mass is 16.5. The monoisotopic (exact) mass is 424 g/mol. The second-order valence-corrected chi connectivity index (χ2v) is 7.43. The number of amides is 2. The number of benzene rings is 1. The quantitative estimate of drug-likeness (QED) is 0.594. The van der Waals surface area contributed by atoms with Crippen LogP contribution in [0, 0.1) is 5.92 Å². The van der Waals surface area contributed by atoms with Crippen LogP contribution in [-0.2, 0) is 30.3 Å². The van der Waals surface area contributed by atoms with Gasteiger partial charge in [0.1, 0.15) is 6.54 Å². The van der Waals surface area contributed by atoms with Crippen molar-refractivity contribution >= 4 is 17.8 Å². The lowest BCUT2D eigenvalue weighted by Gasteiger charge is -2.30. The highest BCUT2D eigenvalue weighted by Gasteiger charge is 2.29. The molecule has 7 heteroatoms. The van der Waals surface area contributed by atoms with E-state index in [4.69, 9.17) is 9.47 Å². The van der Waals surface area contributed by atoms with E-state index in [2.05, 4.69) is 10.6 Å². The summed E-state index contributed by atoms with van der Waals surface area (Å²) < 4.78 is 10.2. The number of hydrogen-bond acceptors (Lipinski definition) is 5. The van der Waals surface area contributed by atoms with Crippen LogP contribution in [0.1, 0.15) is 31.7 Å². The standard InChI is InChI=1S/C24H28N2O5/c1-2-31-23(28)15-26-24(29)20-9-8-18(21-16-30-13-11-19(20)21)10-12-25-22(27)14-17-6-4-3-5-7-17/h3-7,11,13,16,18H,2,8-10,12,14-15H2,1H3,(H,25,27)(H,26,29). The van der Waals surface area contributed by atoms with Crippen molar-refractivity contribution in [1.82, 2.24) is 10.6 Å². The Morgan fingerprint density at radius 2 is 1.97 bits per heavy atom. The van der Waals surface area contributed by atoms with Crippen molar-refractivity contribution in [2.45, 2.75) is 32.6 Å². The van der Waals surface area contributed by atoms with Crippen molar-refractivity contribution in [3.05, 3.63) is 71.2 Å². The predicted molar refractivity (Wildman–Crippen MR) is 115 cm³/mol. The number of rotatable bonds is 9. The summed E-state index contributed by atoms with van der Waals surface area (Å²) in [5.74, 6) is -0.557. The maximum absolute atomic E-state index is 12.6. The van der Waals surface area contributed by atoms with Crippen molar-refractivity contribution in [3.8, 4) is 0 Å². The average molecular weight is 424 g/mol. The predicted octanol–water partition coefficient (Wildman–Crippen LogP) is 2.55. The molecule has 0 aromatic heterocycles. The Balaban J connectivity index is 1.55. The van der Waals surface area contributed by atoms with Gasteiger partial charge in [-0.15, -0.1) is 0 Å². The highest BCUT2D eigenvalue weighted by Crippen LogP contribution is 2.38. The van der Waals surface area contributed by atoms with Crippen molar-refractivity contribution < 1.29 is 23.9 Å². The zero-order valence-corrected chi connectivity index (χ0v) is 17.7. The van der Waals surface area contributed by atoms with Crippen LogP contribution in [0.3, 0.4) is 0 Å². The van der Waals surface area contributed by atoms with Crippen LogP contribution in [0.25, 0.3) is 0 Å². The van der Waals surface area contributed by atoms with E-state index in [0.717, 1.165) is 29.6 Å². The van der Waals surface area contributed by atoms with E-state index in [-0.39, 0.29) is 30.9 Å². The fourth-order valence-electron chi connectivity index (χ4n) is 3.82. The first kappa shape index (κ1) is 22.3. The number of fused-ring (bicyclic) bond motifs is 1. The Bertz CT molecular complexity index is 902. The van der Waals surface area contributed by atoms with Gasteiger partial charge in [-0.25, -0.2) is 0 Å². The maximum Gasteiger partial charge on any atom is 0.325 e. The topological polar surface area (TPSA) is 93.7 Å². The highest BCUT2D eigenvalue weighted by molar-refractivity contribution is 5.97. The maximum atomic E-state index is 12.6. The molecule has 0 bridgehead atoms. The Morgan fingerprint density at radius 1 is 1.16 bits per heavy atom. The summed E-state index contributed by atoms with van der Waals surface area (Å²) in [6.45, 7) is 2.40. The Morgan fingerprint density at radius 3 is 2.74 bits per heavy atom. The fraction of sp³-hybridized carbons (Fsp3) is 0.375. The zero-order chi connectivity index (χ0) is 22.1. The van der Waals surface area contributed by atoms with E-state index in [1.807, 2.05) is 30.3 Å². The molecule has 2 N–H and O–H groups in total. The molecule has 3 rings (SSSR count). The van der Waals surface area contributed by atoms with Gasteiger partial charge in [0.25, 0.3) is 0 Å². The van der Waals surface area contributed by atoms with Gasteiger partial charge in [-0.05, 0) is 54.9 Å². The van der Waals surface area contributed by atoms with Gasteiger partial charge in [0.05, 0.1) is 25.6 Å². The van der Waals surface area contributed by atoms with E-state index >= 15 is 0 Å². The van der Waals surface area contributed by atoms with Gasteiger partial charge in [-0.1, -0.05) is 30.3 Å². The van der Waals surface area contributed by atoms with Gasteiger partial charge in [0, 0.05) is 12.1 Å². The van der Waals surface area contributed by atoms with E-state index < -0.39 is 5.97 Å². The molecule has 164 valence electrons. The first-order chi connectivity index (χ1) is 15.1. The average Bonchev–Trinajstić information content (AvgIpc) is 2.78. The second kappa shape index (κ2) is 11.2. The van der Waals surface area contributed by atoms with E-state index in [1.54, 1.807) is 25.5 Å². The molecule has 2 aliphatic rings. The van der Waals surface area contributed by atoms with E-state index in [1.165, 1.54) is 0 Å². The van der Waals surface area contributed by atoms with Crippen LogP contribution in [0.15, 0.2) is 65.7 Å². The minimum absolute atomic E-state index is 0.00873. The van der Waals surface area contributed by atoms with E-state index in [0.29, 0.717) is 25.0 Å². The lowest BCUT2D eigenvalue weighted by molar-refractivity contribution is -0.143. The number of nitrogens with one attached hydrogen (secondary N) is 2. The molecule has 0 saturated carbocycles. The molecule has 1 unspecified atom stereocenters. The van der Waals surface area contributed by atoms with Crippen LogP contribution in [0.5, 0.6) is 0 Å². The molecular formula is C24H28N2O5. The third-order valence-corrected chi connectivity index (χ3v) is 5.32. The van der Waals surface area contributed by atoms with Gasteiger partial charge in [0.15, 0.2) is 0 Å².